The predicted octanol–water partition coefficient (Wildman–Crippen LogP) is 3.01. The van der Waals surface area contributed by atoms with Crippen molar-refractivity contribution in [1.29, 1.82) is 0 Å². The average molecular weight is 272 g/mol. The lowest BCUT2D eigenvalue weighted by Gasteiger charge is -2.05. The second kappa shape index (κ2) is 6.17. The van der Waals surface area contributed by atoms with Crippen molar-refractivity contribution in [2.24, 2.45) is 0 Å². The molecule has 0 N–H and O–H groups in total. The van der Waals surface area contributed by atoms with E-state index < -0.39 is 23.5 Å². The molecule has 102 valence electrons. The second-order valence-corrected chi connectivity index (χ2v) is 3.54. The van der Waals surface area contributed by atoms with Crippen LogP contribution in [-0.2, 0) is 9.53 Å². The molecule has 0 fully saturated rings. The van der Waals surface area contributed by atoms with E-state index in [1.807, 2.05) is 0 Å². The number of hydrogen-bond donors (Lipinski definition) is 0. The molecule has 6 heteroatoms. The highest BCUT2D eigenvalue weighted by Gasteiger charge is 2.39. The van der Waals surface area contributed by atoms with Crippen LogP contribution in [0, 0.1) is 0 Å². The molecule has 1 aromatic rings. The third-order valence-corrected chi connectivity index (χ3v) is 2.10. The number of carbonyl (C=O) groups excluding carboxylic acids is 2. The SMILES string of the molecule is CCOC(=O)C=Cc1cccc(C(=O)C(F)(F)F)c1. The number of ether oxygens (including phenoxy) is 1. The molecule has 1 aromatic carbocycles. The number of halogens is 3. The van der Waals surface area contributed by atoms with Crippen molar-refractivity contribution >= 4 is 17.8 Å². The van der Waals surface area contributed by atoms with Gasteiger partial charge in [0.25, 0.3) is 5.78 Å². The summed E-state index contributed by atoms with van der Waals surface area (Å²) in [6.45, 7) is 1.84. The Morgan fingerprint density at radius 3 is 2.58 bits per heavy atom. The van der Waals surface area contributed by atoms with Gasteiger partial charge >= 0.3 is 12.1 Å². The molecular formula is C13H11F3O3. The number of carbonyl (C=O) groups is 2. The minimum Gasteiger partial charge on any atom is -0.463 e. The summed E-state index contributed by atoms with van der Waals surface area (Å²) >= 11 is 0. The van der Waals surface area contributed by atoms with Crippen LogP contribution in [0.2, 0.25) is 0 Å². The predicted molar refractivity (Wildman–Crippen MR) is 62.5 cm³/mol. The van der Waals surface area contributed by atoms with Gasteiger partial charge in [-0.05, 0) is 24.6 Å². The van der Waals surface area contributed by atoms with Crippen LogP contribution in [0.3, 0.4) is 0 Å². The highest BCUT2D eigenvalue weighted by Crippen LogP contribution is 2.22. The van der Waals surface area contributed by atoms with E-state index in [1.54, 1.807) is 6.92 Å². The molecule has 0 aromatic heterocycles. The zero-order chi connectivity index (χ0) is 14.5. The van der Waals surface area contributed by atoms with E-state index in [0.29, 0.717) is 5.56 Å². The van der Waals surface area contributed by atoms with E-state index in [9.17, 15) is 22.8 Å². The Labute approximate surface area is 107 Å². The van der Waals surface area contributed by atoms with Gasteiger partial charge in [-0.25, -0.2) is 4.79 Å². The summed E-state index contributed by atoms with van der Waals surface area (Å²) in [5.74, 6) is -2.52. The molecule has 0 unspecified atom stereocenters. The van der Waals surface area contributed by atoms with Gasteiger partial charge in [0.2, 0.25) is 0 Å². The Morgan fingerprint density at radius 2 is 2.00 bits per heavy atom. The monoisotopic (exact) mass is 272 g/mol. The van der Waals surface area contributed by atoms with E-state index in [2.05, 4.69) is 4.74 Å². The fraction of sp³-hybridized carbons (Fsp3) is 0.231. The lowest BCUT2D eigenvalue weighted by Crippen LogP contribution is -2.22. The van der Waals surface area contributed by atoms with Gasteiger partial charge in [0.15, 0.2) is 0 Å². The summed E-state index contributed by atoms with van der Waals surface area (Å²) < 4.78 is 41.3. The molecule has 0 amide bonds. The van der Waals surface area contributed by atoms with Crippen molar-refractivity contribution in [1.82, 2.24) is 0 Å². The summed E-state index contributed by atoms with van der Waals surface area (Å²) in [5.41, 5.74) is -0.165. The zero-order valence-electron chi connectivity index (χ0n) is 10.0. The van der Waals surface area contributed by atoms with Gasteiger partial charge < -0.3 is 4.74 Å². The quantitative estimate of drug-likeness (QED) is 0.480. The third-order valence-electron chi connectivity index (χ3n) is 2.10. The minimum atomic E-state index is -4.91. The zero-order valence-corrected chi connectivity index (χ0v) is 10.0. The van der Waals surface area contributed by atoms with Gasteiger partial charge in [0, 0.05) is 11.6 Å². The normalized spacial score (nSPS) is 11.6. The van der Waals surface area contributed by atoms with Crippen molar-refractivity contribution in [3.05, 3.63) is 41.5 Å². The molecule has 0 radical (unpaired) electrons. The molecule has 0 atom stereocenters. The van der Waals surface area contributed by atoms with Gasteiger partial charge in [-0.1, -0.05) is 18.2 Å². The highest BCUT2D eigenvalue weighted by molar-refractivity contribution is 6.00. The fourth-order valence-corrected chi connectivity index (χ4v) is 1.30. The van der Waals surface area contributed by atoms with Crippen LogP contribution < -0.4 is 0 Å². The van der Waals surface area contributed by atoms with Crippen LogP contribution in [0.1, 0.15) is 22.8 Å². The van der Waals surface area contributed by atoms with E-state index >= 15 is 0 Å². The smallest absolute Gasteiger partial charge is 0.454 e. The van der Waals surface area contributed by atoms with Crippen LogP contribution in [0.15, 0.2) is 30.3 Å². The maximum Gasteiger partial charge on any atom is 0.454 e. The fourth-order valence-electron chi connectivity index (χ4n) is 1.30. The molecule has 1 rings (SSSR count). The first-order chi connectivity index (χ1) is 8.84. The Morgan fingerprint density at radius 1 is 1.32 bits per heavy atom. The minimum absolute atomic E-state index is 0.204. The van der Waals surface area contributed by atoms with Gasteiger partial charge in [0.05, 0.1) is 6.61 Å². The largest absolute Gasteiger partial charge is 0.463 e. The Balaban J connectivity index is 2.89. The van der Waals surface area contributed by atoms with Crippen LogP contribution in [0.25, 0.3) is 6.08 Å². The standard InChI is InChI=1S/C13H11F3O3/c1-2-19-11(17)7-6-9-4-3-5-10(8-9)12(18)13(14,15)16/h3-8H,2H2,1H3. The van der Waals surface area contributed by atoms with Crippen molar-refractivity contribution in [3.8, 4) is 0 Å². The van der Waals surface area contributed by atoms with Gasteiger partial charge in [-0.2, -0.15) is 13.2 Å². The number of esters is 1. The number of hydrogen-bond acceptors (Lipinski definition) is 3. The molecule has 0 aliphatic heterocycles. The first kappa shape index (κ1) is 14.9. The Kier molecular flexibility index (Phi) is 4.86. The summed E-state index contributed by atoms with van der Waals surface area (Å²) in [4.78, 5) is 22.1. The van der Waals surface area contributed by atoms with E-state index in [4.69, 9.17) is 0 Å². The topological polar surface area (TPSA) is 43.4 Å². The van der Waals surface area contributed by atoms with E-state index in [-0.39, 0.29) is 6.61 Å². The number of benzene rings is 1. The van der Waals surface area contributed by atoms with E-state index in [1.165, 1.54) is 18.2 Å². The molecule has 3 nitrogen and oxygen atoms in total. The Bertz CT molecular complexity index is 504. The highest BCUT2D eigenvalue weighted by atomic mass is 19.4. The van der Waals surface area contributed by atoms with Crippen molar-refractivity contribution < 1.29 is 27.5 Å². The number of rotatable bonds is 4. The number of ketones is 1. The van der Waals surface area contributed by atoms with Gasteiger partial charge in [-0.15, -0.1) is 0 Å². The molecule has 0 spiro atoms. The summed E-state index contributed by atoms with van der Waals surface area (Å²) in [5, 5.41) is 0. The molecule has 0 saturated carbocycles. The maximum absolute atomic E-state index is 12.2. The average Bonchev–Trinajstić information content (AvgIpc) is 2.35. The molecular weight excluding hydrogens is 261 g/mol. The second-order valence-electron chi connectivity index (χ2n) is 3.54. The molecule has 0 heterocycles. The molecule has 0 bridgehead atoms. The van der Waals surface area contributed by atoms with E-state index in [0.717, 1.165) is 18.2 Å². The lowest BCUT2D eigenvalue weighted by molar-refractivity contribution is -0.137. The molecule has 0 saturated heterocycles. The summed E-state index contributed by atoms with van der Waals surface area (Å²) in [6, 6.07) is 4.91. The molecule has 0 aliphatic carbocycles. The third kappa shape index (κ3) is 4.57. The first-order valence-corrected chi connectivity index (χ1v) is 5.41. The van der Waals surface area contributed by atoms with Gasteiger partial charge in [-0.3, -0.25) is 4.79 Å². The van der Waals surface area contributed by atoms with Gasteiger partial charge in [0.1, 0.15) is 0 Å². The maximum atomic E-state index is 12.2. The van der Waals surface area contributed by atoms with Crippen LogP contribution in [0.4, 0.5) is 13.2 Å². The summed E-state index contributed by atoms with van der Waals surface area (Å²) in [6.07, 6.45) is -2.55. The number of alkyl halides is 3. The molecule has 0 aliphatic rings. The van der Waals surface area contributed by atoms with Crippen molar-refractivity contribution in [2.75, 3.05) is 6.61 Å². The first-order valence-electron chi connectivity index (χ1n) is 5.41. The van der Waals surface area contributed by atoms with Crippen LogP contribution in [0.5, 0.6) is 0 Å². The Hall–Kier alpha value is -2.11. The molecule has 19 heavy (non-hydrogen) atoms. The van der Waals surface area contributed by atoms with Crippen molar-refractivity contribution in [3.63, 3.8) is 0 Å². The number of Topliss-reactive ketones (excluding diaryl/α,β-unsaturated/α-hetero) is 1. The summed E-state index contributed by atoms with van der Waals surface area (Å²) in [7, 11) is 0. The van der Waals surface area contributed by atoms with Crippen LogP contribution >= 0.6 is 0 Å². The van der Waals surface area contributed by atoms with Crippen molar-refractivity contribution in [2.45, 2.75) is 13.1 Å². The van der Waals surface area contributed by atoms with Crippen LogP contribution in [-0.4, -0.2) is 24.5 Å². The lowest BCUT2D eigenvalue weighted by atomic mass is 10.1.